The first-order valence-corrected chi connectivity index (χ1v) is 6.92. The summed E-state index contributed by atoms with van der Waals surface area (Å²) in [4.78, 5) is 2.24. The first-order valence-electron chi connectivity index (χ1n) is 6.13. The summed E-state index contributed by atoms with van der Waals surface area (Å²) in [5.41, 5.74) is 1.17. The summed E-state index contributed by atoms with van der Waals surface area (Å²) in [7, 11) is 0. The average molecular weight is 324 g/mol. The van der Waals surface area contributed by atoms with Crippen molar-refractivity contribution in [3.63, 3.8) is 0 Å². The number of ether oxygens (including phenoxy) is 1. The highest BCUT2D eigenvalue weighted by Crippen LogP contribution is 2.27. The van der Waals surface area contributed by atoms with Crippen LogP contribution in [0, 0.1) is 6.92 Å². The van der Waals surface area contributed by atoms with Crippen LogP contribution in [0.2, 0.25) is 0 Å². The Hall–Kier alpha value is -1.40. The second-order valence-electron chi connectivity index (χ2n) is 4.53. The standard InChI is InChI=1S/C13H14BrN3O2/c1-9-15-16-13(19-9)8-17-4-5-18-12-3-2-11(14)6-10(12)7-17/h2-3,6H,4-5,7-8H2,1H3. The SMILES string of the molecule is Cc1nnc(CN2CCOc3ccc(Br)cc3C2)o1. The topological polar surface area (TPSA) is 51.4 Å². The van der Waals surface area contributed by atoms with E-state index in [2.05, 4.69) is 37.1 Å². The third-order valence-electron chi connectivity index (χ3n) is 3.01. The van der Waals surface area contributed by atoms with Gasteiger partial charge in [0.15, 0.2) is 0 Å². The minimum Gasteiger partial charge on any atom is -0.492 e. The Bertz CT molecular complexity index is 585. The summed E-state index contributed by atoms with van der Waals surface area (Å²) in [6, 6.07) is 6.09. The first kappa shape index (κ1) is 12.6. The van der Waals surface area contributed by atoms with Crippen molar-refractivity contribution in [3.05, 3.63) is 40.0 Å². The van der Waals surface area contributed by atoms with Crippen LogP contribution < -0.4 is 4.74 Å². The van der Waals surface area contributed by atoms with Gasteiger partial charge < -0.3 is 9.15 Å². The second-order valence-corrected chi connectivity index (χ2v) is 5.44. The number of aromatic nitrogens is 2. The molecule has 0 bridgehead atoms. The monoisotopic (exact) mass is 323 g/mol. The Morgan fingerprint density at radius 3 is 3.05 bits per heavy atom. The van der Waals surface area contributed by atoms with Crippen molar-refractivity contribution >= 4 is 15.9 Å². The molecule has 3 rings (SSSR count). The molecule has 6 heteroatoms. The van der Waals surface area contributed by atoms with Gasteiger partial charge in [-0.3, -0.25) is 4.90 Å². The van der Waals surface area contributed by atoms with Gasteiger partial charge in [-0.25, -0.2) is 0 Å². The molecule has 1 aromatic carbocycles. The van der Waals surface area contributed by atoms with Crippen LogP contribution >= 0.6 is 15.9 Å². The van der Waals surface area contributed by atoms with Gasteiger partial charge in [-0.15, -0.1) is 10.2 Å². The number of fused-ring (bicyclic) bond motifs is 1. The molecule has 0 unspecified atom stereocenters. The van der Waals surface area contributed by atoms with Crippen molar-refractivity contribution in [1.82, 2.24) is 15.1 Å². The lowest BCUT2D eigenvalue weighted by atomic mass is 10.2. The number of halogens is 1. The molecule has 1 aliphatic heterocycles. The molecule has 2 heterocycles. The summed E-state index contributed by atoms with van der Waals surface area (Å²) >= 11 is 3.49. The zero-order valence-corrected chi connectivity index (χ0v) is 12.2. The van der Waals surface area contributed by atoms with Crippen molar-refractivity contribution < 1.29 is 9.15 Å². The molecule has 2 aromatic rings. The van der Waals surface area contributed by atoms with E-state index in [9.17, 15) is 0 Å². The molecular weight excluding hydrogens is 310 g/mol. The lowest BCUT2D eigenvalue weighted by Crippen LogP contribution is -2.25. The molecule has 0 fully saturated rings. The Labute approximate surface area is 119 Å². The van der Waals surface area contributed by atoms with Gasteiger partial charge in [0.05, 0.1) is 6.54 Å². The lowest BCUT2D eigenvalue weighted by Gasteiger charge is -2.16. The minimum atomic E-state index is 0.601. The third kappa shape index (κ3) is 2.96. The van der Waals surface area contributed by atoms with Gasteiger partial charge >= 0.3 is 0 Å². The summed E-state index contributed by atoms with van der Waals surface area (Å²) in [6.45, 7) is 4.77. The smallest absolute Gasteiger partial charge is 0.230 e. The van der Waals surface area contributed by atoms with Crippen LogP contribution in [0.3, 0.4) is 0 Å². The molecule has 0 aliphatic carbocycles. The van der Waals surface area contributed by atoms with Crippen LogP contribution in [-0.4, -0.2) is 28.2 Å². The van der Waals surface area contributed by atoms with Gasteiger partial charge in [-0.05, 0) is 18.2 Å². The summed E-state index contributed by atoms with van der Waals surface area (Å²) < 4.78 is 12.2. The van der Waals surface area contributed by atoms with Crippen molar-refractivity contribution in [2.75, 3.05) is 13.2 Å². The maximum atomic E-state index is 5.75. The molecule has 1 aromatic heterocycles. The number of rotatable bonds is 2. The van der Waals surface area contributed by atoms with Crippen LogP contribution in [0.25, 0.3) is 0 Å². The number of hydrogen-bond acceptors (Lipinski definition) is 5. The highest BCUT2D eigenvalue weighted by molar-refractivity contribution is 9.10. The Morgan fingerprint density at radius 1 is 1.37 bits per heavy atom. The van der Waals surface area contributed by atoms with Crippen LogP contribution in [0.4, 0.5) is 0 Å². The Morgan fingerprint density at radius 2 is 2.26 bits per heavy atom. The molecule has 0 atom stereocenters. The van der Waals surface area contributed by atoms with E-state index in [1.807, 2.05) is 12.1 Å². The molecule has 0 radical (unpaired) electrons. The van der Waals surface area contributed by atoms with E-state index in [1.54, 1.807) is 6.92 Å². The van der Waals surface area contributed by atoms with Crippen LogP contribution in [-0.2, 0) is 13.1 Å². The zero-order valence-electron chi connectivity index (χ0n) is 10.6. The second kappa shape index (κ2) is 5.30. The van der Waals surface area contributed by atoms with E-state index >= 15 is 0 Å². The van der Waals surface area contributed by atoms with E-state index in [4.69, 9.17) is 9.15 Å². The lowest BCUT2D eigenvalue weighted by molar-refractivity contribution is 0.202. The fourth-order valence-electron chi connectivity index (χ4n) is 2.14. The van der Waals surface area contributed by atoms with Gasteiger partial charge in [0.25, 0.3) is 0 Å². The maximum Gasteiger partial charge on any atom is 0.230 e. The highest BCUT2D eigenvalue weighted by Gasteiger charge is 2.17. The molecule has 19 heavy (non-hydrogen) atoms. The Kier molecular flexibility index (Phi) is 3.52. The van der Waals surface area contributed by atoms with Gasteiger partial charge in [-0.2, -0.15) is 0 Å². The van der Waals surface area contributed by atoms with Gasteiger partial charge in [0.2, 0.25) is 11.8 Å². The molecule has 0 saturated heterocycles. The minimum absolute atomic E-state index is 0.601. The third-order valence-corrected chi connectivity index (χ3v) is 3.50. The first-order chi connectivity index (χ1) is 9.20. The maximum absolute atomic E-state index is 5.75. The quantitative estimate of drug-likeness (QED) is 0.850. The van der Waals surface area contributed by atoms with Crippen molar-refractivity contribution in [2.45, 2.75) is 20.0 Å². The van der Waals surface area contributed by atoms with Crippen LogP contribution in [0.15, 0.2) is 27.1 Å². The van der Waals surface area contributed by atoms with Gasteiger partial charge in [-0.1, -0.05) is 15.9 Å². The number of hydrogen-bond donors (Lipinski definition) is 0. The predicted molar refractivity (Wildman–Crippen MR) is 72.8 cm³/mol. The molecule has 0 amide bonds. The van der Waals surface area contributed by atoms with E-state index in [0.29, 0.717) is 24.9 Å². The largest absolute Gasteiger partial charge is 0.492 e. The van der Waals surface area contributed by atoms with E-state index in [0.717, 1.165) is 23.3 Å². The summed E-state index contributed by atoms with van der Waals surface area (Å²) in [6.07, 6.45) is 0. The highest BCUT2D eigenvalue weighted by atomic mass is 79.9. The number of aryl methyl sites for hydroxylation is 1. The summed E-state index contributed by atoms with van der Waals surface area (Å²) in [5, 5.41) is 7.89. The number of nitrogens with zero attached hydrogens (tertiary/aromatic N) is 3. The molecule has 100 valence electrons. The van der Waals surface area contributed by atoms with Crippen LogP contribution in [0.1, 0.15) is 17.3 Å². The normalized spacial score (nSPS) is 15.7. The fourth-order valence-corrected chi connectivity index (χ4v) is 2.55. The van der Waals surface area contributed by atoms with Gasteiger partial charge in [0, 0.05) is 30.0 Å². The molecule has 5 nitrogen and oxygen atoms in total. The fraction of sp³-hybridized carbons (Fsp3) is 0.385. The van der Waals surface area contributed by atoms with E-state index < -0.39 is 0 Å². The average Bonchev–Trinajstić information content (AvgIpc) is 2.67. The molecule has 0 N–H and O–H groups in total. The number of benzene rings is 1. The molecule has 0 saturated carbocycles. The Balaban J connectivity index is 1.77. The predicted octanol–water partition coefficient (Wildman–Crippen LogP) is 2.54. The van der Waals surface area contributed by atoms with E-state index in [1.165, 1.54) is 5.56 Å². The van der Waals surface area contributed by atoms with Crippen molar-refractivity contribution in [1.29, 1.82) is 0 Å². The van der Waals surface area contributed by atoms with Crippen molar-refractivity contribution in [3.8, 4) is 5.75 Å². The summed E-state index contributed by atoms with van der Waals surface area (Å²) in [5.74, 6) is 2.20. The molecular formula is C13H14BrN3O2. The molecule has 1 aliphatic rings. The van der Waals surface area contributed by atoms with Crippen LogP contribution in [0.5, 0.6) is 5.75 Å². The molecule has 0 spiro atoms. The van der Waals surface area contributed by atoms with Crippen molar-refractivity contribution in [2.24, 2.45) is 0 Å². The zero-order chi connectivity index (χ0) is 13.2. The van der Waals surface area contributed by atoms with E-state index in [-0.39, 0.29) is 0 Å². The van der Waals surface area contributed by atoms with Gasteiger partial charge in [0.1, 0.15) is 12.4 Å².